The van der Waals surface area contributed by atoms with E-state index in [4.69, 9.17) is 19.3 Å². The molecule has 0 saturated carbocycles. The van der Waals surface area contributed by atoms with E-state index in [9.17, 15) is 9.59 Å². The SMILES string of the molecule is COc1ccc(C(=O)N2CCc3c(c(C(=O)N4CCOCC4)nn3Cc3ccccc3)C2)c(OC)n1. The van der Waals surface area contributed by atoms with Gasteiger partial charge in [-0.05, 0) is 11.6 Å². The largest absolute Gasteiger partial charge is 0.481 e. The number of hydrogen-bond donors (Lipinski definition) is 0. The van der Waals surface area contributed by atoms with Gasteiger partial charge in [-0.25, -0.2) is 0 Å². The third-order valence-corrected chi connectivity index (χ3v) is 6.56. The van der Waals surface area contributed by atoms with E-state index in [0.717, 1.165) is 16.8 Å². The van der Waals surface area contributed by atoms with Gasteiger partial charge in [0.2, 0.25) is 11.8 Å². The standard InChI is InChI=1S/C26H29N5O5/c1-34-22-9-8-19(24(27-22)35-2)25(32)30-11-10-21-20(17-30)23(26(33)29-12-14-36-15-13-29)28-31(21)16-18-6-4-3-5-7-18/h3-9H,10-17H2,1-2H3. The summed E-state index contributed by atoms with van der Waals surface area (Å²) in [5.41, 5.74) is 3.63. The first kappa shape index (κ1) is 23.8. The average molecular weight is 492 g/mol. The summed E-state index contributed by atoms with van der Waals surface area (Å²) in [5, 5.41) is 4.78. The molecular weight excluding hydrogens is 462 g/mol. The number of carbonyl (C=O) groups excluding carboxylic acids is 2. The maximum Gasteiger partial charge on any atom is 0.274 e. The van der Waals surface area contributed by atoms with E-state index >= 15 is 0 Å². The Morgan fingerprint density at radius 1 is 0.944 bits per heavy atom. The molecule has 10 nitrogen and oxygen atoms in total. The second kappa shape index (κ2) is 10.4. The second-order valence-electron chi connectivity index (χ2n) is 8.71. The molecule has 0 radical (unpaired) electrons. The van der Waals surface area contributed by atoms with Gasteiger partial charge in [-0.2, -0.15) is 10.1 Å². The number of hydrogen-bond acceptors (Lipinski definition) is 7. The maximum atomic E-state index is 13.5. The number of aromatic nitrogens is 3. The van der Waals surface area contributed by atoms with Crippen molar-refractivity contribution >= 4 is 11.8 Å². The highest BCUT2D eigenvalue weighted by Gasteiger charge is 2.33. The fourth-order valence-electron chi connectivity index (χ4n) is 4.67. The summed E-state index contributed by atoms with van der Waals surface area (Å²) in [6.07, 6.45) is 0.587. The number of fused-ring (bicyclic) bond motifs is 1. The topological polar surface area (TPSA) is 99.0 Å². The van der Waals surface area contributed by atoms with Crippen molar-refractivity contribution in [1.29, 1.82) is 0 Å². The molecule has 1 fully saturated rings. The fraction of sp³-hybridized carbons (Fsp3) is 0.385. The van der Waals surface area contributed by atoms with Crippen molar-refractivity contribution in [3.05, 3.63) is 70.5 Å². The highest BCUT2D eigenvalue weighted by Crippen LogP contribution is 2.28. The van der Waals surface area contributed by atoms with Gasteiger partial charge >= 0.3 is 0 Å². The molecule has 0 atom stereocenters. The Labute approximate surface area is 209 Å². The normalized spacial score (nSPS) is 15.4. The summed E-state index contributed by atoms with van der Waals surface area (Å²) in [4.78, 5) is 34.7. The van der Waals surface area contributed by atoms with Crippen LogP contribution in [0.5, 0.6) is 11.8 Å². The molecule has 0 aliphatic carbocycles. The first-order chi connectivity index (χ1) is 17.6. The lowest BCUT2D eigenvalue weighted by atomic mass is 10.0. The van der Waals surface area contributed by atoms with Crippen LogP contribution < -0.4 is 9.47 Å². The number of morpholine rings is 1. The molecule has 2 aromatic heterocycles. The molecule has 5 rings (SSSR count). The van der Waals surface area contributed by atoms with Crippen LogP contribution >= 0.6 is 0 Å². The maximum absolute atomic E-state index is 13.5. The Bertz CT molecular complexity index is 1250. The van der Waals surface area contributed by atoms with E-state index in [1.54, 1.807) is 21.9 Å². The van der Waals surface area contributed by atoms with Gasteiger partial charge in [-0.3, -0.25) is 14.3 Å². The Kier molecular flexibility index (Phi) is 6.86. The van der Waals surface area contributed by atoms with Gasteiger partial charge in [-0.15, -0.1) is 0 Å². The number of rotatable bonds is 6. The molecule has 4 heterocycles. The quantitative estimate of drug-likeness (QED) is 0.520. The minimum atomic E-state index is -0.215. The first-order valence-electron chi connectivity index (χ1n) is 12.0. The van der Waals surface area contributed by atoms with E-state index in [0.29, 0.717) is 63.0 Å². The van der Waals surface area contributed by atoms with Gasteiger partial charge in [0.25, 0.3) is 11.8 Å². The molecule has 188 valence electrons. The smallest absolute Gasteiger partial charge is 0.274 e. The number of nitrogens with zero attached hydrogens (tertiary/aromatic N) is 5. The number of carbonyl (C=O) groups is 2. The fourth-order valence-corrected chi connectivity index (χ4v) is 4.67. The lowest BCUT2D eigenvalue weighted by Gasteiger charge is -2.29. The average Bonchev–Trinajstić information content (AvgIpc) is 3.30. The van der Waals surface area contributed by atoms with Crippen LogP contribution in [0.4, 0.5) is 0 Å². The highest BCUT2D eigenvalue weighted by atomic mass is 16.5. The third-order valence-electron chi connectivity index (χ3n) is 6.56. The van der Waals surface area contributed by atoms with E-state index in [2.05, 4.69) is 4.98 Å². The Morgan fingerprint density at radius 2 is 1.72 bits per heavy atom. The summed E-state index contributed by atoms with van der Waals surface area (Å²) in [6, 6.07) is 13.3. The number of pyridine rings is 1. The van der Waals surface area contributed by atoms with E-state index < -0.39 is 0 Å². The van der Waals surface area contributed by atoms with Crippen LogP contribution in [0.3, 0.4) is 0 Å². The van der Waals surface area contributed by atoms with Crippen molar-refractivity contribution in [2.75, 3.05) is 47.1 Å². The molecule has 36 heavy (non-hydrogen) atoms. The Morgan fingerprint density at radius 3 is 2.44 bits per heavy atom. The summed E-state index contributed by atoms with van der Waals surface area (Å²) < 4.78 is 17.8. The van der Waals surface area contributed by atoms with E-state index in [-0.39, 0.29) is 24.2 Å². The van der Waals surface area contributed by atoms with Crippen LogP contribution in [-0.4, -0.2) is 83.4 Å². The van der Waals surface area contributed by atoms with Gasteiger partial charge in [0.1, 0.15) is 5.56 Å². The zero-order chi connectivity index (χ0) is 25.1. The summed E-state index contributed by atoms with van der Waals surface area (Å²) >= 11 is 0. The number of amides is 2. The molecule has 2 amide bonds. The van der Waals surface area contributed by atoms with Crippen LogP contribution in [0.15, 0.2) is 42.5 Å². The zero-order valence-corrected chi connectivity index (χ0v) is 20.5. The van der Waals surface area contributed by atoms with Crippen molar-refractivity contribution < 1.29 is 23.8 Å². The minimum absolute atomic E-state index is 0.126. The van der Waals surface area contributed by atoms with Crippen molar-refractivity contribution in [3.63, 3.8) is 0 Å². The van der Waals surface area contributed by atoms with Gasteiger partial charge in [0.15, 0.2) is 5.69 Å². The highest BCUT2D eigenvalue weighted by molar-refractivity contribution is 5.97. The van der Waals surface area contributed by atoms with Crippen LogP contribution in [0.1, 0.15) is 37.7 Å². The van der Waals surface area contributed by atoms with Crippen molar-refractivity contribution in [2.24, 2.45) is 0 Å². The predicted molar refractivity (Wildman–Crippen MR) is 130 cm³/mol. The van der Waals surface area contributed by atoms with Gasteiger partial charge in [0.05, 0.1) is 40.5 Å². The Hall–Kier alpha value is -3.92. The molecule has 0 spiro atoms. The van der Waals surface area contributed by atoms with Crippen molar-refractivity contribution in [1.82, 2.24) is 24.6 Å². The molecular formula is C26H29N5O5. The van der Waals surface area contributed by atoms with Crippen molar-refractivity contribution in [3.8, 4) is 11.8 Å². The summed E-state index contributed by atoms with van der Waals surface area (Å²) in [6.45, 7) is 3.40. The molecule has 3 aromatic rings. The second-order valence-corrected chi connectivity index (χ2v) is 8.71. The zero-order valence-electron chi connectivity index (χ0n) is 20.5. The predicted octanol–water partition coefficient (Wildman–Crippen LogP) is 2.01. The molecule has 2 aliphatic heterocycles. The van der Waals surface area contributed by atoms with Gasteiger partial charge in [0, 0.05) is 43.4 Å². The van der Waals surface area contributed by atoms with E-state index in [1.807, 2.05) is 35.0 Å². The molecule has 0 N–H and O–H groups in total. The van der Waals surface area contributed by atoms with Crippen LogP contribution in [0.25, 0.3) is 0 Å². The number of benzene rings is 1. The molecule has 2 aliphatic rings. The first-order valence-corrected chi connectivity index (χ1v) is 12.0. The molecule has 1 saturated heterocycles. The number of methoxy groups -OCH3 is 2. The molecule has 10 heteroatoms. The third kappa shape index (κ3) is 4.64. The number of ether oxygens (including phenoxy) is 3. The lowest BCUT2D eigenvalue weighted by molar-refractivity contribution is 0.0296. The van der Waals surface area contributed by atoms with Gasteiger partial charge in [-0.1, -0.05) is 30.3 Å². The minimum Gasteiger partial charge on any atom is -0.481 e. The van der Waals surface area contributed by atoms with Crippen molar-refractivity contribution in [2.45, 2.75) is 19.5 Å². The molecule has 1 aromatic carbocycles. The monoisotopic (exact) mass is 491 g/mol. The lowest BCUT2D eigenvalue weighted by Crippen LogP contribution is -2.42. The van der Waals surface area contributed by atoms with Crippen LogP contribution in [0, 0.1) is 0 Å². The van der Waals surface area contributed by atoms with E-state index in [1.165, 1.54) is 14.2 Å². The Balaban J connectivity index is 1.47. The van der Waals surface area contributed by atoms with Crippen LogP contribution in [-0.2, 0) is 24.2 Å². The summed E-state index contributed by atoms with van der Waals surface area (Å²) in [5.74, 6) is 0.229. The summed E-state index contributed by atoms with van der Waals surface area (Å²) in [7, 11) is 2.98. The van der Waals surface area contributed by atoms with Crippen LogP contribution in [0.2, 0.25) is 0 Å². The molecule has 0 bridgehead atoms. The van der Waals surface area contributed by atoms with Gasteiger partial charge < -0.3 is 24.0 Å². The molecule has 0 unspecified atom stereocenters.